The van der Waals surface area contributed by atoms with Crippen LogP contribution in [-0.4, -0.2) is 16.5 Å². The smallest absolute Gasteiger partial charge is 0.222 e. The molecule has 0 aliphatic heterocycles. The van der Waals surface area contributed by atoms with E-state index in [9.17, 15) is 0 Å². The van der Waals surface area contributed by atoms with E-state index in [4.69, 9.17) is 5.73 Å². The van der Waals surface area contributed by atoms with Crippen molar-refractivity contribution in [3.05, 3.63) is 24.4 Å². The second-order valence-corrected chi connectivity index (χ2v) is 2.42. The van der Waals surface area contributed by atoms with E-state index in [1.807, 2.05) is 13.0 Å². The van der Waals surface area contributed by atoms with Crippen molar-refractivity contribution < 1.29 is 0 Å². The van der Waals surface area contributed by atoms with Crippen LogP contribution < -0.4 is 11.1 Å². The van der Waals surface area contributed by atoms with Crippen molar-refractivity contribution in [2.45, 2.75) is 6.92 Å². The molecule has 1 rings (SSSR count). The highest BCUT2D eigenvalue weighted by atomic mass is 15.1. The molecule has 0 aliphatic rings. The van der Waals surface area contributed by atoms with E-state index in [0.717, 1.165) is 11.5 Å². The molecule has 0 amide bonds. The largest absolute Gasteiger partial charge is 0.368 e. The molecule has 0 aromatic carbocycles. The minimum Gasteiger partial charge on any atom is -0.368 e. The van der Waals surface area contributed by atoms with Crippen molar-refractivity contribution in [3.8, 4) is 0 Å². The Bertz CT molecular complexity index is 262. The third-order valence-corrected chi connectivity index (χ3v) is 1.30. The van der Waals surface area contributed by atoms with Crippen LogP contribution in [0.1, 0.15) is 5.69 Å². The molecule has 1 aromatic rings. The summed E-state index contributed by atoms with van der Waals surface area (Å²) in [7, 11) is 0. The molecule has 1 aromatic heterocycles. The number of nitrogens with zero attached hydrogens (tertiary/aromatic N) is 2. The summed E-state index contributed by atoms with van der Waals surface area (Å²) in [5.74, 6) is 1.03. The maximum absolute atomic E-state index is 5.44. The van der Waals surface area contributed by atoms with E-state index >= 15 is 0 Å². The van der Waals surface area contributed by atoms with Gasteiger partial charge in [-0.3, -0.25) is 0 Å². The average molecular weight is 164 g/mol. The number of aryl methyl sites for hydroxylation is 1. The van der Waals surface area contributed by atoms with Gasteiger partial charge in [-0.2, -0.15) is 4.98 Å². The van der Waals surface area contributed by atoms with Crippen LogP contribution in [0.4, 0.5) is 11.8 Å². The molecule has 64 valence electrons. The first-order chi connectivity index (χ1) is 5.72. The third-order valence-electron chi connectivity index (χ3n) is 1.30. The lowest BCUT2D eigenvalue weighted by Crippen LogP contribution is -2.04. The lowest BCUT2D eigenvalue weighted by Gasteiger charge is -2.03. The summed E-state index contributed by atoms with van der Waals surface area (Å²) in [6, 6.07) is 1.83. The predicted octanol–water partition coefficient (Wildman–Crippen LogP) is 0.965. The minimum absolute atomic E-state index is 0.293. The number of hydrogen-bond donors (Lipinski definition) is 2. The van der Waals surface area contributed by atoms with Gasteiger partial charge in [-0.05, 0) is 6.92 Å². The van der Waals surface area contributed by atoms with Gasteiger partial charge in [-0.25, -0.2) is 4.98 Å². The first kappa shape index (κ1) is 8.52. The maximum Gasteiger partial charge on any atom is 0.222 e. The first-order valence-electron chi connectivity index (χ1n) is 3.68. The molecule has 0 fully saturated rings. The minimum atomic E-state index is 0.293. The SMILES string of the molecule is C=CCNc1cc(C)nc(N)n1. The van der Waals surface area contributed by atoms with Gasteiger partial charge in [0.1, 0.15) is 5.82 Å². The highest BCUT2D eigenvalue weighted by Crippen LogP contribution is 2.05. The van der Waals surface area contributed by atoms with Gasteiger partial charge < -0.3 is 11.1 Å². The van der Waals surface area contributed by atoms with Crippen molar-refractivity contribution in [2.24, 2.45) is 0 Å². The Morgan fingerprint density at radius 2 is 2.42 bits per heavy atom. The van der Waals surface area contributed by atoms with Crippen LogP contribution in [0.5, 0.6) is 0 Å². The zero-order valence-corrected chi connectivity index (χ0v) is 7.04. The van der Waals surface area contributed by atoms with Gasteiger partial charge in [0, 0.05) is 18.3 Å². The topological polar surface area (TPSA) is 63.8 Å². The second-order valence-electron chi connectivity index (χ2n) is 2.42. The van der Waals surface area contributed by atoms with Crippen LogP contribution in [0.3, 0.4) is 0 Å². The molecule has 0 spiro atoms. The van der Waals surface area contributed by atoms with E-state index in [0.29, 0.717) is 12.5 Å². The van der Waals surface area contributed by atoms with E-state index in [1.54, 1.807) is 6.08 Å². The summed E-state index contributed by atoms with van der Waals surface area (Å²) in [6.07, 6.45) is 1.76. The number of hydrogen-bond acceptors (Lipinski definition) is 4. The molecule has 4 nitrogen and oxygen atoms in total. The van der Waals surface area contributed by atoms with Crippen LogP contribution >= 0.6 is 0 Å². The zero-order chi connectivity index (χ0) is 8.97. The summed E-state index contributed by atoms with van der Waals surface area (Å²) in [5, 5.41) is 3.03. The summed E-state index contributed by atoms with van der Waals surface area (Å²) >= 11 is 0. The molecule has 4 heteroatoms. The molecular formula is C8H12N4. The second kappa shape index (κ2) is 3.71. The molecule has 0 saturated heterocycles. The highest BCUT2D eigenvalue weighted by Gasteiger charge is 1.96. The van der Waals surface area contributed by atoms with Gasteiger partial charge >= 0.3 is 0 Å². The van der Waals surface area contributed by atoms with Gasteiger partial charge in [0.05, 0.1) is 0 Å². The number of nitrogens with one attached hydrogen (secondary N) is 1. The van der Waals surface area contributed by atoms with Crippen molar-refractivity contribution in [1.82, 2.24) is 9.97 Å². The average Bonchev–Trinajstić information content (AvgIpc) is 1.99. The molecule has 3 N–H and O–H groups in total. The Morgan fingerprint density at radius 1 is 1.67 bits per heavy atom. The van der Waals surface area contributed by atoms with E-state index < -0.39 is 0 Å². The molecule has 1 heterocycles. The Hall–Kier alpha value is -1.58. The fraction of sp³-hybridized carbons (Fsp3) is 0.250. The number of rotatable bonds is 3. The Balaban J connectivity index is 2.78. The number of aromatic nitrogens is 2. The molecule has 0 radical (unpaired) electrons. The monoisotopic (exact) mass is 164 g/mol. The number of nitrogens with two attached hydrogens (primary N) is 1. The van der Waals surface area contributed by atoms with Gasteiger partial charge in [-0.15, -0.1) is 6.58 Å². The molecule has 0 atom stereocenters. The van der Waals surface area contributed by atoms with Crippen molar-refractivity contribution in [3.63, 3.8) is 0 Å². The van der Waals surface area contributed by atoms with E-state index in [-0.39, 0.29) is 0 Å². The summed E-state index contributed by atoms with van der Waals surface area (Å²) < 4.78 is 0. The van der Waals surface area contributed by atoms with Gasteiger partial charge in [-0.1, -0.05) is 6.08 Å². The Labute approximate surface area is 71.5 Å². The molecule has 0 unspecified atom stereocenters. The molecule has 0 bridgehead atoms. The lowest BCUT2D eigenvalue weighted by atomic mass is 10.4. The Morgan fingerprint density at radius 3 is 3.00 bits per heavy atom. The van der Waals surface area contributed by atoms with Crippen LogP contribution in [0.15, 0.2) is 18.7 Å². The predicted molar refractivity (Wildman–Crippen MR) is 49.9 cm³/mol. The lowest BCUT2D eigenvalue weighted by molar-refractivity contribution is 1.10. The van der Waals surface area contributed by atoms with E-state index in [1.165, 1.54) is 0 Å². The molecule has 0 saturated carbocycles. The quantitative estimate of drug-likeness (QED) is 0.653. The van der Waals surface area contributed by atoms with Gasteiger partial charge in [0.25, 0.3) is 0 Å². The molecule has 12 heavy (non-hydrogen) atoms. The fourth-order valence-electron chi connectivity index (χ4n) is 0.859. The normalized spacial score (nSPS) is 9.42. The maximum atomic E-state index is 5.44. The summed E-state index contributed by atoms with van der Waals surface area (Å²) in [4.78, 5) is 7.92. The summed E-state index contributed by atoms with van der Waals surface area (Å²) in [6.45, 7) is 6.13. The first-order valence-corrected chi connectivity index (χ1v) is 3.68. The Kier molecular flexibility index (Phi) is 2.63. The van der Waals surface area contributed by atoms with Crippen LogP contribution in [0.25, 0.3) is 0 Å². The fourth-order valence-corrected chi connectivity index (χ4v) is 0.859. The third kappa shape index (κ3) is 2.23. The van der Waals surface area contributed by atoms with Crippen LogP contribution in [-0.2, 0) is 0 Å². The zero-order valence-electron chi connectivity index (χ0n) is 7.04. The van der Waals surface area contributed by atoms with Gasteiger partial charge in [0.15, 0.2) is 0 Å². The van der Waals surface area contributed by atoms with Crippen molar-refractivity contribution in [1.29, 1.82) is 0 Å². The molecular weight excluding hydrogens is 152 g/mol. The van der Waals surface area contributed by atoms with Crippen molar-refractivity contribution >= 4 is 11.8 Å². The van der Waals surface area contributed by atoms with Crippen molar-refractivity contribution in [2.75, 3.05) is 17.6 Å². The van der Waals surface area contributed by atoms with Gasteiger partial charge in [0.2, 0.25) is 5.95 Å². The number of nitrogen functional groups attached to an aromatic ring is 1. The van der Waals surface area contributed by atoms with Crippen LogP contribution in [0.2, 0.25) is 0 Å². The standard InChI is InChI=1S/C8H12N4/c1-3-4-10-7-5-6(2)11-8(9)12-7/h3,5H,1,4H2,2H3,(H3,9,10,11,12). The van der Waals surface area contributed by atoms with E-state index in [2.05, 4.69) is 21.9 Å². The highest BCUT2D eigenvalue weighted by molar-refractivity contribution is 5.40. The molecule has 0 aliphatic carbocycles. The summed E-state index contributed by atoms with van der Waals surface area (Å²) in [5.41, 5.74) is 6.30. The van der Waals surface area contributed by atoms with Crippen LogP contribution in [0, 0.1) is 6.92 Å². The number of anilines is 2.